The van der Waals surface area contributed by atoms with Gasteiger partial charge in [-0.25, -0.2) is 0 Å². The lowest BCUT2D eigenvalue weighted by molar-refractivity contribution is 0.194. The molecular weight excluding hydrogens is 166 g/mol. The lowest BCUT2D eigenvalue weighted by Gasteiger charge is -2.06. The van der Waals surface area contributed by atoms with E-state index < -0.39 is 6.10 Å². The summed E-state index contributed by atoms with van der Waals surface area (Å²) in [4.78, 5) is 4.08. The Balaban J connectivity index is 2.04. The number of hydrogen-bond donors (Lipinski definition) is 1. The lowest BCUT2D eigenvalue weighted by Crippen LogP contribution is -1.99. The predicted octanol–water partition coefficient (Wildman–Crippen LogP) is 1.68. The van der Waals surface area contributed by atoms with E-state index in [4.69, 9.17) is 4.74 Å². The minimum atomic E-state index is -0.505. The van der Waals surface area contributed by atoms with Gasteiger partial charge in [0.15, 0.2) is 0 Å². The van der Waals surface area contributed by atoms with E-state index in [0.29, 0.717) is 11.8 Å². The fourth-order valence-corrected chi connectivity index (χ4v) is 1.09. The van der Waals surface area contributed by atoms with E-state index in [2.05, 4.69) is 4.98 Å². The van der Waals surface area contributed by atoms with Gasteiger partial charge in [-0.2, -0.15) is 0 Å². The Kier molecular flexibility index (Phi) is 2.19. The van der Waals surface area contributed by atoms with Crippen LogP contribution in [0.3, 0.4) is 0 Å². The molecule has 1 unspecified atom stereocenters. The van der Waals surface area contributed by atoms with Crippen LogP contribution >= 0.6 is 0 Å². The SMILES string of the molecule is CC(O)c1ccc(OC2CC2)cn1. The Morgan fingerprint density at radius 1 is 1.54 bits per heavy atom. The van der Waals surface area contributed by atoms with Crippen LogP contribution in [-0.4, -0.2) is 16.2 Å². The van der Waals surface area contributed by atoms with Crippen molar-refractivity contribution in [2.24, 2.45) is 0 Å². The molecule has 0 aliphatic heterocycles. The minimum Gasteiger partial charge on any atom is -0.489 e. The highest BCUT2D eigenvalue weighted by molar-refractivity contribution is 5.21. The first kappa shape index (κ1) is 8.51. The number of aromatic nitrogens is 1. The molecule has 1 fully saturated rings. The molecule has 1 N–H and O–H groups in total. The van der Waals surface area contributed by atoms with E-state index in [0.717, 1.165) is 18.6 Å². The molecule has 0 radical (unpaired) electrons. The Hall–Kier alpha value is -1.09. The number of rotatable bonds is 3. The molecule has 0 bridgehead atoms. The summed E-state index contributed by atoms with van der Waals surface area (Å²) in [5.74, 6) is 0.798. The van der Waals surface area contributed by atoms with Crippen molar-refractivity contribution in [1.82, 2.24) is 4.98 Å². The van der Waals surface area contributed by atoms with Crippen LogP contribution in [0.25, 0.3) is 0 Å². The second-order valence-corrected chi connectivity index (χ2v) is 3.41. The van der Waals surface area contributed by atoms with Crippen LogP contribution in [0.1, 0.15) is 31.6 Å². The Labute approximate surface area is 77.4 Å². The zero-order chi connectivity index (χ0) is 9.26. The molecule has 1 aliphatic rings. The number of aliphatic hydroxyl groups excluding tert-OH is 1. The van der Waals surface area contributed by atoms with E-state index in [1.54, 1.807) is 19.2 Å². The largest absolute Gasteiger partial charge is 0.489 e. The molecule has 3 nitrogen and oxygen atoms in total. The zero-order valence-corrected chi connectivity index (χ0v) is 7.60. The summed E-state index contributed by atoms with van der Waals surface area (Å²) in [5.41, 5.74) is 0.683. The van der Waals surface area contributed by atoms with Gasteiger partial charge in [0, 0.05) is 0 Å². The molecule has 1 atom stereocenters. The smallest absolute Gasteiger partial charge is 0.138 e. The summed E-state index contributed by atoms with van der Waals surface area (Å²) >= 11 is 0. The van der Waals surface area contributed by atoms with Crippen molar-refractivity contribution in [3.05, 3.63) is 24.0 Å². The lowest BCUT2D eigenvalue weighted by atomic mass is 10.2. The van der Waals surface area contributed by atoms with Gasteiger partial charge in [-0.3, -0.25) is 4.98 Å². The average Bonchev–Trinajstić information content (AvgIpc) is 2.89. The van der Waals surface area contributed by atoms with E-state index >= 15 is 0 Å². The third kappa shape index (κ3) is 2.18. The monoisotopic (exact) mass is 179 g/mol. The van der Waals surface area contributed by atoms with Crippen LogP contribution in [0.15, 0.2) is 18.3 Å². The Bertz CT molecular complexity index is 277. The number of nitrogens with zero attached hydrogens (tertiary/aromatic N) is 1. The summed E-state index contributed by atoms with van der Waals surface area (Å²) in [6.07, 6.45) is 3.87. The van der Waals surface area contributed by atoms with Crippen molar-refractivity contribution in [3.63, 3.8) is 0 Å². The summed E-state index contributed by atoms with van der Waals surface area (Å²) in [7, 11) is 0. The first-order valence-electron chi connectivity index (χ1n) is 4.56. The zero-order valence-electron chi connectivity index (χ0n) is 7.60. The quantitative estimate of drug-likeness (QED) is 0.767. The molecule has 0 aromatic carbocycles. The summed E-state index contributed by atoms with van der Waals surface area (Å²) in [5, 5.41) is 9.21. The van der Waals surface area contributed by atoms with Crippen LogP contribution in [0, 0.1) is 0 Å². The Morgan fingerprint density at radius 3 is 2.77 bits per heavy atom. The predicted molar refractivity (Wildman–Crippen MR) is 48.5 cm³/mol. The fraction of sp³-hybridized carbons (Fsp3) is 0.500. The molecule has 1 heterocycles. The van der Waals surface area contributed by atoms with Gasteiger partial charge in [0.1, 0.15) is 5.75 Å². The molecule has 1 saturated carbocycles. The maximum Gasteiger partial charge on any atom is 0.138 e. The van der Waals surface area contributed by atoms with Crippen LogP contribution in [-0.2, 0) is 0 Å². The topological polar surface area (TPSA) is 42.4 Å². The van der Waals surface area contributed by atoms with Crippen LogP contribution in [0.5, 0.6) is 5.75 Å². The fourth-order valence-electron chi connectivity index (χ4n) is 1.09. The molecule has 1 aromatic heterocycles. The van der Waals surface area contributed by atoms with Gasteiger partial charge in [-0.05, 0) is 31.9 Å². The number of aliphatic hydroxyl groups is 1. The van der Waals surface area contributed by atoms with Crippen molar-refractivity contribution in [3.8, 4) is 5.75 Å². The van der Waals surface area contributed by atoms with Crippen LogP contribution in [0.4, 0.5) is 0 Å². The van der Waals surface area contributed by atoms with Crippen LogP contribution < -0.4 is 4.74 Å². The van der Waals surface area contributed by atoms with Gasteiger partial charge < -0.3 is 9.84 Å². The van der Waals surface area contributed by atoms with Gasteiger partial charge >= 0.3 is 0 Å². The minimum absolute atomic E-state index is 0.402. The van der Waals surface area contributed by atoms with E-state index in [1.807, 2.05) is 6.07 Å². The summed E-state index contributed by atoms with van der Waals surface area (Å²) in [6, 6.07) is 3.65. The third-order valence-corrected chi connectivity index (χ3v) is 2.01. The summed E-state index contributed by atoms with van der Waals surface area (Å²) < 4.78 is 5.52. The van der Waals surface area contributed by atoms with Gasteiger partial charge in [-0.1, -0.05) is 0 Å². The number of hydrogen-bond acceptors (Lipinski definition) is 3. The molecule has 70 valence electrons. The molecule has 0 spiro atoms. The standard InChI is InChI=1S/C10H13NO2/c1-7(12)10-5-4-9(6-11-10)13-8-2-3-8/h4-8,12H,2-3H2,1H3. The van der Waals surface area contributed by atoms with Crippen molar-refractivity contribution in [2.75, 3.05) is 0 Å². The average molecular weight is 179 g/mol. The first-order chi connectivity index (χ1) is 6.25. The second kappa shape index (κ2) is 3.34. The maximum atomic E-state index is 9.21. The molecule has 0 amide bonds. The number of ether oxygens (including phenoxy) is 1. The molecule has 13 heavy (non-hydrogen) atoms. The van der Waals surface area contributed by atoms with E-state index in [9.17, 15) is 5.11 Å². The van der Waals surface area contributed by atoms with E-state index in [-0.39, 0.29) is 0 Å². The van der Waals surface area contributed by atoms with Crippen molar-refractivity contribution in [1.29, 1.82) is 0 Å². The summed E-state index contributed by atoms with van der Waals surface area (Å²) in [6.45, 7) is 1.70. The highest BCUT2D eigenvalue weighted by atomic mass is 16.5. The highest BCUT2D eigenvalue weighted by Crippen LogP contribution is 2.26. The normalized spacial score (nSPS) is 18.3. The molecule has 0 saturated heterocycles. The van der Waals surface area contributed by atoms with Gasteiger partial charge in [0.05, 0.1) is 24.1 Å². The van der Waals surface area contributed by atoms with Gasteiger partial charge in [-0.15, -0.1) is 0 Å². The maximum absolute atomic E-state index is 9.21. The van der Waals surface area contributed by atoms with Gasteiger partial charge in [0.2, 0.25) is 0 Å². The molecule has 3 heteroatoms. The number of pyridine rings is 1. The van der Waals surface area contributed by atoms with Crippen LogP contribution in [0.2, 0.25) is 0 Å². The second-order valence-electron chi connectivity index (χ2n) is 3.41. The Morgan fingerprint density at radius 2 is 2.31 bits per heavy atom. The van der Waals surface area contributed by atoms with Crippen molar-refractivity contribution < 1.29 is 9.84 Å². The highest BCUT2D eigenvalue weighted by Gasteiger charge is 2.23. The first-order valence-corrected chi connectivity index (χ1v) is 4.56. The van der Waals surface area contributed by atoms with Crippen molar-refractivity contribution in [2.45, 2.75) is 32.0 Å². The molecule has 2 rings (SSSR count). The van der Waals surface area contributed by atoms with Gasteiger partial charge in [0.25, 0.3) is 0 Å². The van der Waals surface area contributed by atoms with Crippen molar-refractivity contribution >= 4 is 0 Å². The van der Waals surface area contributed by atoms with E-state index in [1.165, 1.54) is 0 Å². The molecule has 1 aliphatic carbocycles. The molecular formula is C10H13NO2. The molecule has 1 aromatic rings. The third-order valence-electron chi connectivity index (χ3n) is 2.01.